The maximum atomic E-state index is 12.7. The second-order valence-corrected chi connectivity index (χ2v) is 10.7. The van der Waals surface area contributed by atoms with Crippen LogP contribution in [0.5, 0.6) is 0 Å². The van der Waals surface area contributed by atoms with Gasteiger partial charge in [-0.1, -0.05) is 6.07 Å². The first-order chi connectivity index (χ1) is 15.3. The van der Waals surface area contributed by atoms with Gasteiger partial charge in [-0.05, 0) is 55.9 Å². The van der Waals surface area contributed by atoms with Crippen LogP contribution in [0, 0.1) is 0 Å². The van der Waals surface area contributed by atoms with Gasteiger partial charge in [0.15, 0.2) is 6.61 Å². The molecule has 4 rings (SSSR count). The molecule has 32 heavy (non-hydrogen) atoms. The number of carbonyl (C=O) groups excluding carboxylic acids is 3. The van der Waals surface area contributed by atoms with Crippen molar-refractivity contribution in [2.24, 2.45) is 5.73 Å². The molecule has 2 amide bonds. The third-order valence-corrected chi connectivity index (χ3v) is 8.63. The molecule has 1 aromatic carbocycles. The molecule has 0 saturated carbocycles. The van der Waals surface area contributed by atoms with E-state index in [0.717, 1.165) is 42.5 Å². The maximum absolute atomic E-state index is 12.7. The predicted octanol–water partition coefficient (Wildman–Crippen LogP) is 1.92. The summed E-state index contributed by atoms with van der Waals surface area (Å²) in [6.07, 6.45) is 4.13. The van der Waals surface area contributed by atoms with Crippen LogP contribution in [0.2, 0.25) is 0 Å². The second-order valence-electron chi connectivity index (χ2n) is 7.69. The molecule has 1 fully saturated rings. The Morgan fingerprint density at radius 1 is 1.12 bits per heavy atom. The smallest absolute Gasteiger partial charge is 0.338 e. The van der Waals surface area contributed by atoms with Gasteiger partial charge in [-0.3, -0.25) is 9.59 Å². The largest absolute Gasteiger partial charge is 0.452 e. The van der Waals surface area contributed by atoms with E-state index in [4.69, 9.17) is 10.5 Å². The highest BCUT2D eigenvalue weighted by atomic mass is 32.2. The molecular formula is C21H23N3O6S2. The van der Waals surface area contributed by atoms with E-state index >= 15 is 0 Å². The Balaban J connectivity index is 1.40. The van der Waals surface area contributed by atoms with Crippen LogP contribution >= 0.6 is 11.3 Å². The summed E-state index contributed by atoms with van der Waals surface area (Å²) < 4.78 is 31.8. The molecule has 1 aliphatic heterocycles. The zero-order valence-corrected chi connectivity index (χ0v) is 18.9. The van der Waals surface area contributed by atoms with Crippen LogP contribution in [0.25, 0.3) is 0 Å². The molecular weight excluding hydrogens is 454 g/mol. The molecule has 2 aromatic rings. The molecule has 3 N–H and O–H groups in total. The van der Waals surface area contributed by atoms with Crippen molar-refractivity contribution >= 4 is 44.1 Å². The number of esters is 1. The minimum atomic E-state index is -3.67. The molecule has 170 valence electrons. The molecule has 11 heteroatoms. The Kier molecular flexibility index (Phi) is 6.31. The van der Waals surface area contributed by atoms with Crippen molar-refractivity contribution in [2.45, 2.75) is 37.0 Å². The number of primary amides is 1. The normalized spacial score (nSPS) is 16.0. The summed E-state index contributed by atoms with van der Waals surface area (Å²) in [6, 6.07) is 5.57. The van der Waals surface area contributed by atoms with Gasteiger partial charge in [0.25, 0.3) is 11.8 Å². The number of fused-ring (bicyclic) bond motifs is 1. The van der Waals surface area contributed by atoms with Crippen molar-refractivity contribution in [3.05, 3.63) is 45.8 Å². The van der Waals surface area contributed by atoms with Gasteiger partial charge in [-0.15, -0.1) is 11.3 Å². The number of nitrogens with one attached hydrogen (secondary N) is 1. The average molecular weight is 478 g/mol. The van der Waals surface area contributed by atoms with E-state index < -0.39 is 34.4 Å². The molecule has 1 saturated heterocycles. The predicted molar refractivity (Wildman–Crippen MR) is 118 cm³/mol. The van der Waals surface area contributed by atoms with Crippen molar-refractivity contribution in [1.29, 1.82) is 0 Å². The lowest BCUT2D eigenvalue weighted by Crippen LogP contribution is -2.28. The van der Waals surface area contributed by atoms with Crippen molar-refractivity contribution < 1.29 is 27.5 Å². The van der Waals surface area contributed by atoms with Crippen molar-refractivity contribution in [2.75, 3.05) is 25.0 Å². The quantitative estimate of drug-likeness (QED) is 0.585. The number of nitrogens with zero attached hydrogens (tertiary/aromatic N) is 1. The fraction of sp³-hybridized carbons (Fsp3) is 0.381. The lowest BCUT2D eigenvalue weighted by Gasteiger charge is -2.15. The van der Waals surface area contributed by atoms with Crippen LogP contribution in [0.3, 0.4) is 0 Å². The highest BCUT2D eigenvalue weighted by Gasteiger charge is 2.28. The molecule has 0 spiro atoms. The van der Waals surface area contributed by atoms with Crippen LogP contribution < -0.4 is 11.1 Å². The van der Waals surface area contributed by atoms with E-state index in [-0.39, 0.29) is 10.5 Å². The van der Waals surface area contributed by atoms with Crippen molar-refractivity contribution in [1.82, 2.24) is 4.31 Å². The van der Waals surface area contributed by atoms with E-state index in [1.165, 1.54) is 39.9 Å². The maximum Gasteiger partial charge on any atom is 0.338 e. The Bertz CT molecular complexity index is 1180. The lowest BCUT2D eigenvalue weighted by atomic mass is 10.1. The summed E-state index contributed by atoms with van der Waals surface area (Å²) in [7, 11) is -3.67. The Labute approximate surface area is 189 Å². The van der Waals surface area contributed by atoms with E-state index in [0.29, 0.717) is 23.7 Å². The van der Waals surface area contributed by atoms with Crippen molar-refractivity contribution in [3.63, 3.8) is 0 Å². The number of rotatable bonds is 7. The molecule has 9 nitrogen and oxygen atoms in total. The molecule has 0 bridgehead atoms. The first kappa shape index (κ1) is 22.4. The number of sulfonamides is 1. The lowest BCUT2D eigenvalue weighted by molar-refractivity contribution is -0.119. The van der Waals surface area contributed by atoms with Gasteiger partial charge in [0.1, 0.15) is 5.00 Å². The van der Waals surface area contributed by atoms with E-state index in [2.05, 4.69) is 5.32 Å². The van der Waals surface area contributed by atoms with E-state index in [1.807, 2.05) is 0 Å². The number of aryl methyl sites for hydroxylation is 1. The average Bonchev–Trinajstić information content (AvgIpc) is 3.49. The third-order valence-electron chi connectivity index (χ3n) is 5.53. The Morgan fingerprint density at radius 2 is 1.88 bits per heavy atom. The van der Waals surface area contributed by atoms with Gasteiger partial charge < -0.3 is 15.8 Å². The standard InChI is InChI=1S/C21H23N3O6S2/c22-19(26)18-15-7-4-8-16(15)31-20(18)23-17(25)12-30-21(27)13-5-3-6-14(11-13)32(28,29)24-9-1-2-10-24/h3,5-6,11H,1-2,4,7-10,12H2,(H2,22,26)(H,23,25). The molecule has 1 aliphatic carbocycles. The zero-order valence-electron chi connectivity index (χ0n) is 17.3. The van der Waals surface area contributed by atoms with Gasteiger partial charge in [0.05, 0.1) is 16.0 Å². The molecule has 2 heterocycles. The van der Waals surface area contributed by atoms with Crippen LogP contribution in [0.1, 0.15) is 50.4 Å². The SMILES string of the molecule is NC(=O)c1c(NC(=O)COC(=O)c2cccc(S(=O)(=O)N3CCCC3)c2)sc2c1CCC2. The highest BCUT2D eigenvalue weighted by Crippen LogP contribution is 2.38. The highest BCUT2D eigenvalue weighted by molar-refractivity contribution is 7.89. The van der Waals surface area contributed by atoms with Crippen LogP contribution in [-0.2, 0) is 32.4 Å². The number of hydrogen-bond donors (Lipinski definition) is 2. The molecule has 0 atom stereocenters. The topological polar surface area (TPSA) is 136 Å². The Morgan fingerprint density at radius 3 is 2.59 bits per heavy atom. The van der Waals surface area contributed by atoms with Gasteiger partial charge in [-0.2, -0.15) is 4.31 Å². The number of nitrogens with two attached hydrogens (primary N) is 1. The number of anilines is 1. The van der Waals surface area contributed by atoms with Crippen LogP contribution in [0.4, 0.5) is 5.00 Å². The van der Waals surface area contributed by atoms with Gasteiger partial charge >= 0.3 is 5.97 Å². The van der Waals surface area contributed by atoms with Crippen LogP contribution in [0.15, 0.2) is 29.2 Å². The molecule has 0 radical (unpaired) electrons. The fourth-order valence-corrected chi connectivity index (χ4v) is 6.87. The summed E-state index contributed by atoms with van der Waals surface area (Å²) >= 11 is 1.31. The first-order valence-electron chi connectivity index (χ1n) is 10.3. The number of amides is 2. The van der Waals surface area contributed by atoms with Gasteiger partial charge in [0.2, 0.25) is 10.0 Å². The summed E-state index contributed by atoms with van der Waals surface area (Å²) in [4.78, 5) is 37.6. The Hall–Kier alpha value is -2.76. The number of thiophene rings is 1. The summed E-state index contributed by atoms with van der Waals surface area (Å²) in [5, 5.41) is 2.96. The monoisotopic (exact) mass is 477 g/mol. The summed E-state index contributed by atoms with van der Waals surface area (Å²) in [5.74, 6) is -2.03. The third kappa shape index (κ3) is 4.41. The van der Waals surface area contributed by atoms with Crippen molar-refractivity contribution in [3.8, 4) is 0 Å². The first-order valence-corrected chi connectivity index (χ1v) is 12.5. The fourth-order valence-electron chi connectivity index (χ4n) is 3.99. The second kappa shape index (κ2) is 9.00. The van der Waals surface area contributed by atoms with E-state index in [1.54, 1.807) is 0 Å². The summed E-state index contributed by atoms with van der Waals surface area (Å²) in [5.41, 5.74) is 6.71. The van der Waals surface area contributed by atoms with E-state index in [9.17, 15) is 22.8 Å². The summed E-state index contributed by atoms with van der Waals surface area (Å²) in [6.45, 7) is 0.329. The van der Waals surface area contributed by atoms with Gasteiger partial charge in [0, 0.05) is 18.0 Å². The van der Waals surface area contributed by atoms with Crippen LogP contribution in [-0.4, -0.2) is 50.2 Å². The number of carbonyl (C=O) groups is 3. The molecule has 0 unspecified atom stereocenters. The van der Waals surface area contributed by atoms with Gasteiger partial charge in [-0.25, -0.2) is 13.2 Å². The number of ether oxygens (including phenoxy) is 1. The number of hydrogen-bond acceptors (Lipinski definition) is 7. The number of benzene rings is 1. The zero-order chi connectivity index (χ0) is 22.9. The minimum Gasteiger partial charge on any atom is -0.452 e. The molecule has 2 aliphatic rings. The molecule has 1 aromatic heterocycles. The minimum absolute atomic E-state index is 0.0116.